The highest BCUT2D eigenvalue weighted by Gasteiger charge is 2.02. The fourth-order valence-corrected chi connectivity index (χ4v) is 1.78. The Morgan fingerprint density at radius 1 is 1.15 bits per heavy atom. The van der Waals surface area contributed by atoms with E-state index in [1.807, 2.05) is 0 Å². The first-order chi connectivity index (χ1) is 8.99. The Bertz CT molecular complexity index is 348. The van der Waals surface area contributed by atoms with Crippen molar-refractivity contribution in [1.82, 2.24) is 10.6 Å². The molecular formula is C12H28IN3O3S. The zero-order chi connectivity index (χ0) is 14.6. The van der Waals surface area contributed by atoms with Gasteiger partial charge in [-0.25, -0.2) is 8.42 Å². The van der Waals surface area contributed by atoms with Crippen LogP contribution < -0.4 is 10.6 Å². The summed E-state index contributed by atoms with van der Waals surface area (Å²) in [6.07, 6.45) is 4.37. The standard InChI is InChI=1S/C12H27N3O3S.HI/c1-4-5-9-18-10-6-7-14-12(13-2)15-8-11-19(3,16)17;/h4-11H2,1-3H3,(H2,13,14,15);1H. The lowest BCUT2D eigenvalue weighted by Gasteiger charge is -2.11. The molecule has 0 bridgehead atoms. The summed E-state index contributed by atoms with van der Waals surface area (Å²) in [5, 5.41) is 6.07. The molecule has 0 aliphatic heterocycles. The van der Waals surface area contributed by atoms with Crippen molar-refractivity contribution in [3.63, 3.8) is 0 Å². The van der Waals surface area contributed by atoms with Crippen molar-refractivity contribution >= 4 is 39.8 Å². The summed E-state index contributed by atoms with van der Waals surface area (Å²) in [5.41, 5.74) is 0. The number of sulfone groups is 1. The van der Waals surface area contributed by atoms with E-state index >= 15 is 0 Å². The molecule has 122 valence electrons. The van der Waals surface area contributed by atoms with Gasteiger partial charge in [-0.1, -0.05) is 13.3 Å². The third-order valence-corrected chi connectivity index (χ3v) is 3.33. The smallest absolute Gasteiger partial charge is 0.191 e. The van der Waals surface area contributed by atoms with E-state index < -0.39 is 9.84 Å². The Morgan fingerprint density at radius 3 is 2.30 bits per heavy atom. The Labute approximate surface area is 140 Å². The minimum absolute atomic E-state index is 0. The van der Waals surface area contributed by atoms with Crippen molar-refractivity contribution < 1.29 is 13.2 Å². The highest BCUT2D eigenvalue weighted by molar-refractivity contribution is 14.0. The Balaban J connectivity index is 0. The first-order valence-corrected chi connectivity index (χ1v) is 8.75. The summed E-state index contributed by atoms with van der Waals surface area (Å²) < 4.78 is 27.4. The van der Waals surface area contributed by atoms with Crippen molar-refractivity contribution in [2.24, 2.45) is 4.99 Å². The molecule has 0 aromatic carbocycles. The van der Waals surface area contributed by atoms with E-state index in [4.69, 9.17) is 4.74 Å². The molecule has 6 nitrogen and oxygen atoms in total. The van der Waals surface area contributed by atoms with Crippen LogP contribution in [0.25, 0.3) is 0 Å². The fraction of sp³-hybridized carbons (Fsp3) is 0.917. The molecule has 0 aliphatic rings. The summed E-state index contributed by atoms with van der Waals surface area (Å²) in [7, 11) is -1.27. The number of guanidine groups is 1. The monoisotopic (exact) mass is 421 g/mol. The summed E-state index contributed by atoms with van der Waals surface area (Å²) in [4.78, 5) is 4.01. The number of nitrogens with zero attached hydrogens (tertiary/aromatic N) is 1. The minimum Gasteiger partial charge on any atom is -0.381 e. The van der Waals surface area contributed by atoms with Crippen LogP contribution in [0.2, 0.25) is 0 Å². The van der Waals surface area contributed by atoms with Crippen molar-refractivity contribution in [1.29, 1.82) is 0 Å². The van der Waals surface area contributed by atoms with Gasteiger partial charge < -0.3 is 15.4 Å². The molecule has 20 heavy (non-hydrogen) atoms. The zero-order valence-electron chi connectivity index (χ0n) is 12.6. The van der Waals surface area contributed by atoms with E-state index in [1.165, 1.54) is 6.26 Å². The van der Waals surface area contributed by atoms with Gasteiger partial charge in [0.1, 0.15) is 9.84 Å². The van der Waals surface area contributed by atoms with Crippen LogP contribution in [0, 0.1) is 0 Å². The predicted molar refractivity (Wildman–Crippen MR) is 94.8 cm³/mol. The van der Waals surface area contributed by atoms with E-state index in [1.54, 1.807) is 7.05 Å². The van der Waals surface area contributed by atoms with Crippen LogP contribution in [0.5, 0.6) is 0 Å². The number of hydrogen-bond acceptors (Lipinski definition) is 4. The summed E-state index contributed by atoms with van der Waals surface area (Å²) >= 11 is 0. The largest absolute Gasteiger partial charge is 0.381 e. The van der Waals surface area contributed by atoms with Crippen molar-refractivity contribution in [3.8, 4) is 0 Å². The molecular weight excluding hydrogens is 393 g/mol. The van der Waals surface area contributed by atoms with Gasteiger partial charge in [0.15, 0.2) is 5.96 Å². The lowest BCUT2D eigenvalue weighted by atomic mass is 10.4. The lowest BCUT2D eigenvalue weighted by molar-refractivity contribution is 0.129. The lowest BCUT2D eigenvalue weighted by Crippen LogP contribution is -2.40. The molecule has 0 aliphatic carbocycles. The van der Waals surface area contributed by atoms with E-state index in [0.717, 1.165) is 39.0 Å². The van der Waals surface area contributed by atoms with Gasteiger partial charge in [0.25, 0.3) is 0 Å². The molecule has 2 N–H and O–H groups in total. The predicted octanol–water partition coefficient (Wildman–Crippen LogP) is 1.02. The molecule has 0 amide bonds. The maximum absolute atomic E-state index is 11.0. The number of aliphatic imine (C=N–C) groups is 1. The van der Waals surface area contributed by atoms with Gasteiger partial charge >= 0.3 is 0 Å². The number of ether oxygens (including phenoxy) is 1. The van der Waals surface area contributed by atoms with E-state index in [-0.39, 0.29) is 29.7 Å². The van der Waals surface area contributed by atoms with Gasteiger partial charge in [0.2, 0.25) is 0 Å². The third-order valence-electron chi connectivity index (χ3n) is 2.39. The Morgan fingerprint density at radius 2 is 1.75 bits per heavy atom. The van der Waals surface area contributed by atoms with Crippen LogP contribution >= 0.6 is 24.0 Å². The molecule has 0 heterocycles. The van der Waals surface area contributed by atoms with Crippen LogP contribution in [0.1, 0.15) is 26.2 Å². The molecule has 0 rings (SSSR count). The summed E-state index contributed by atoms with van der Waals surface area (Å²) in [6.45, 7) is 4.80. The number of halogens is 1. The van der Waals surface area contributed by atoms with Crippen LogP contribution in [0.4, 0.5) is 0 Å². The van der Waals surface area contributed by atoms with E-state index in [9.17, 15) is 8.42 Å². The van der Waals surface area contributed by atoms with Gasteiger partial charge in [0, 0.05) is 39.6 Å². The molecule has 0 aromatic rings. The Kier molecular flexibility index (Phi) is 15.4. The van der Waals surface area contributed by atoms with Crippen molar-refractivity contribution in [2.45, 2.75) is 26.2 Å². The average molecular weight is 421 g/mol. The Hall–Kier alpha value is -0.0900. The molecule has 0 unspecified atom stereocenters. The topological polar surface area (TPSA) is 79.8 Å². The number of nitrogens with one attached hydrogen (secondary N) is 2. The molecule has 0 fully saturated rings. The quantitative estimate of drug-likeness (QED) is 0.238. The van der Waals surface area contributed by atoms with Crippen LogP contribution in [-0.2, 0) is 14.6 Å². The summed E-state index contributed by atoms with van der Waals surface area (Å²) in [6, 6.07) is 0. The second-order valence-electron chi connectivity index (χ2n) is 4.38. The maximum Gasteiger partial charge on any atom is 0.191 e. The normalized spacial score (nSPS) is 11.8. The molecule has 0 atom stereocenters. The molecule has 0 spiro atoms. The molecule has 0 saturated carbocycles. The van der Waals surface area contributed by atoms with E-state index in [0.29, 0.717) is 12.5 Å². The van der Waals surface area contributed by atoms with Crippen LogP contribution in [-0.4, -0.2) is 59.7 Å². The van der Waals surface area contributed by atoms with Gasteiger partial charge in [0.05, 0.1) is 5.75 Å². The summed E-state index contributed by atoms with van der Waals surface area (Å²) in [5.74, 6) is 0.727. The highest BCUT2D eigenvalue weighted by Crippen LogP contribution is 1.89. The zero-order valence-corrected chi connectivity index (χ0v) is 15.8. The molecule has 0 aromatic heterocycles. The molecule has 0 radical (unpaired) electrons. The first kappa shape index (κ1) is 22.2. The molecule has 8 heteroatoms. The SMILES string of the molecule is CCCCOCCCNC(=NC)NCCS(C)(=O)=O.I. The van der Waals surface area contributed by atoms with Crippen LogP contribution in [0.15, 0.2) is 4.99 Å². The van der Waals surface area contributed by atoms with Crippen molar-refractivity contribution in [2.75, 3.05) is 45.4 Å². The highest BCUT2D eigenvalue weighted by atomic mass is 127. The first-order valence-electron chi connectivity index (χ1n) is 6.69. The van der Waals surface area contributed by atoms with Gasteiger partial charge in [-0.15, -0.1) is 24.0 Å². The van der Waals surface area contributed by atoms with Gasteiger partial charge in [-0.3, -0.25) is 4.99 Å². The fourth-order valence-electron chi connectivity index (χ4n) is 1.30. The maximum atomic E-state index is 11.0. The minimum atomic E-state index is -2.93. The second-order valence-corrected chi connectivity index (χ2v) is 6.63. The molecule has 0 saturated heterocycles. The van der Waals surface area contributed by atoms with Crippen LogP contribution in [0.3, 0.4) is 0 Å². The third kappa shape index (κ3) is 16.0. The second kappa shape index (κ2) is 13.9. The average Bonchev–Trinajstić information content (AvgIpc) is 2.34. The van der Waals surface area contributed by atoms with E-state index in [2.05, 4.69) is 22.5 Å². The van der Waals surface area contributed by atoms with Gasteiger partial charge in [-0.2, -0.15) is 0 Å². The number of unbranched alkanes of at least 4 members (excludes halogenated alkanes) is 1. The number of hydrogen-bond donors (Lipinski definition) is 2. The van der Waals surface area contributed by atoms with Crippen molar-refractivity contribution in [3.05, 3.63) is 0 Å². The van der Waals surface area contributed by atoms with Gasteiger partial charge in [-0.05, 0) is 12.8 Å². The number of rotatable bonds is 10.